The molecule has 24 heavy (non-hydrogen) atoms. The molecule has 0 aliphatic carbocycles. The number of allylic oxidation sites excluding steroid dienone is 2. The van der Waals surface area contributed by atoms with Crippen LogP contribution < -0.4 is 11.1 Å². The Labute approximate surface area is 147 Å². The number of rotatable bonds is 16. The van der Waals surface area contributed by atoms with Crippen LogP contribution in [-0.2, 0) is 9.53 Å². The number of ether oxygens (including phenoxy) is 1. The number of alkyl carbamates (subject to hydrolysis) is 1. The van der Waals surface area contributed by atoms with Crippen molar-refractivity contribution in [2.24, 2.45) is 5.73 Å². The first kappa shape index (κ1) is 22.5. The molecule has 0 rings (SSSR count). The predicted octanol–water partition coefficient (Wildman–Crippen LogP) is 4.46. The Bertz CT molecular complexity index is 344. The van der Waals surface area contributed by atoms with Gasteiger partial charge >= 0.3 is 6.09 Å². The van der Waals surface area contributed by atoms with Crippen LogP contribution in [-0.4, -0.2) is 25.2 Å². The van der Waals surface area contributed by atoms with E-state index < -0.39 is 12.0 Å². The molecule has 0 aromatic carbocycles. The van der Waals surface area contributed by atoms with Gasteiger partial charge in [0.15, 0.2) is 6.61 Å². The summed E-state index contributed by atoms with van der Waals surface area (Å²) in [5.74, 6) is -0.642. The first-order valence-electron chi connectivity index (χ1n) is 9.50. The molecule has 0 spiro atoms. The van der Waals surface area contributed by atoms with Crippen LogP contribution in [0.2, 0.25) is 0 Å². The Balaban J connectivity index is 3.18. The third-order valence-electron chi connectivity index (χ3n) is 3.80. The number of unbranched alkanes of at least 4 members (excludes halogenated alkanes) is 10. The molecule has 5 nitrogen and oxygen atoms in total. The van der Waals surface area contributed by atoms with Crippen LogP contribution in [0.5, 0.6) is 0 Å². The van der Waals surface area contributed by atoms with E-state index >= 15 is 0 Å². The highest BCUT2D eigenvalue weighted by molar-refractivity contribution is 5.78. The van der Waals surface area contributed by atoms with E-state index in [-0.39, 0.29) is 6.61 Å². The molecular formula is C19H36N2O3. The van der Waals surface area contributed by atoms with Crippen LogP contribution in [0.15, 0.2) is 12.2 Å². The largest absolute Gasteiger partial charge is 0.439 e. The lowest BCUT2D eigenvalue weighted by atomic mass is 10.1. The van der Waals surface area contributed by atoms with Crippen molar-refractivity contribution in [2.75, 3.05) is 13.2 Å². The standard InChI is InChI=1S/C19H36N2O3/c1-2-3-4-5-6-7-8-9-10-11-12-13-14-15-16-21-19(23)24-17-18(20)22/h7-8H,2-6,9-17H2,1H3,(H2,20,22)(H,21,23). The van der Waals surface area contributed by atoms with Crippen LogP contribution in [0.1, 0.15) is 84.0 Å². The minimum Gasteiger partial charge on any atom is -0.439 e. The zero-order chi connectivity index (χ0) is 17.9. The number of hydrogen-bond acceptors (Lipinski definition) is 3. The topological polar surface area (TPSA) is 81.4 Å². The van der Waals surface area contributed by atoms with Crippen LogP contribution in [0.4, 0.5) is 4.79 Å². The summed E-state index contributed by atoms with van der Waals surface area (Å²) in [6.45, 7) is 2.46. The zero-order valence-corrected chi connectivity index (χ0v) is 15.4. The van der Waals surface area contributed by atoms with Crippen molar-refractivity contribution in [3.05, 3.63) is 12.2 Å². The van der Waals surface area contributed by atoms with E-state index in [0.29, 0.717) is 6.54 Å². The number of carbonyl (C=O) groups excluding carboxylic acids is 2. The van der Waals surface area contributed by atoms with Gasteiger partial charge in [0.05, 0.1) is 0 Å². The number of amides is 2. The Hall–Kier alpha value is -1.52. The summed E-state index contributed by atoms with van der Waals surface area (Å²) in [7, 11) is 0. The number of hydrogen-bond donors (Lipinski definition) is 2. The number of nitrogens with one attached hydrogen (secondary N) is 1. The van der Waals surface area contributed by atoms with Crippen molar-refractivity contribution < 1.29 is 14.3 Å². The quantitative estimate of drug-likeness (QED) is 0.321. The second-order valence-corrected chi connectivity index (χ2v) is 6.20. The summed E-state index contributed by atoms with van der Waals surface area (Å²) in [6, 6.07) is 0. The van der Waals surface area contributed by atoms with E-state index in [1.165, 1.54) is 64.2 Å². The molecule has 0 aromatic heterocycles. The zero-order valence-electron chi connectivity index (χ0n) is 15.4. The minimum atomic E-state index is -0.642. The molecule has 0 saturated heterocycles. The summed E-state index contributed by atoms with van der Waals surface area (Å²) in [4.78, 5) is 21.6. The highest BCUT2D eigenvalue weighted by Crippen LogP contribution is 2.08. The van der Waals surface area contributed by atoms with Gasteiger partial charge in [-0.1, -0.05) is 64.0 Å². The molecule has 0 aliphatic heterocycles. The first-order valence-corrected chi connectivity index (χ1v) is 9.50. The lowest BCUT2D eigenvalue weighted by Crippen LogP contribution is -2.29. The van der Waals surface area contributed by atoms with Gasteiger partial charge in [-0.05, 0) is 32.1 Å². The fraction of sp³-hybridized carbons (Fsp3) is 0.789. The van der Waals surface area contributed by atoms with Crippen molar-refractivity contribution in [3.8, 4) is 0 Å². The third-order valence-corrected chi connectivity index (χ3v) is 3.80. The summed E-state index contributed by atoms with van der Waals surface area (Å²) in [6.07, 6.45) is 18.9. The molecule has 140 valence electrons. The van der Waals surface area contributed by atoms with Crippen molar-refractivity contribution in [1.82, 2.24) is 5.32 Å². The molecule has 0 heterocycles. The molecule has 5 heteroatoms. The monoisotopic (exact) mass is 340 g/mol. The van der Waals surface area contributed by atoms with Gasteiger partial charge in [-0.15, -0.1) is 0 Å². The van der Waals surface area contributed by atoms with E-state index in [2.05, 4.69) is 29.1 Å². The van der Waals surface area contributed by atoms with Crippen LogP contribution in [0.3, 0.4) is 0 Å². The summed E-state index contributed by atoms with van der Waals surface area (Å²) < 4.78 is 4.59. The van der Waals surface area contributed by atoms with Crippen molar-refractivity contribution in [1.29, 1.82) is 0 Å². The lowest BCUT2D eigenvalue weighted by molar-refractivity contribution is -0.120. The van der Waals surface area contributed by atoms with Gasteiger partial charge in [0.25, 0.3) is 5.91 Å². The van der Waals surface area contributed by atoms with Gasteiger partial charge in [0, 0.05) is 6.54 Å². The summed E-state index contributed by atoms with van der Waals surface area (Å²) in [5, 5.41) is 2.60. The Kier molecular flexibility index (Phi) is 16.7. The van der Waals surface area contributed by atoms with Crippen LogP contribution in [0.25, 0.3) is 0 Å². The number of nitrogens with two attached hydrogens (primary N) is 1. The average Bonchev–Trinajstić information content (AvgIpc) is 2.56. The Morgan fingerprint density at radius 3 is 2.00 bits per heavy atom. The average molecular weight is 341 g/mol. The predicted molar refractivity (Wildman–Crippen MR) is 98.8 cm³/mol. The molecule has 0 atom stereocenters. The fourth-order valence-corrected chi connectivity index (χ4v) is 2.40. The Morgan fingerprint density at radius 1 is 0.875 bits per heavy atom. The van der Waals surface area contributed by atoms with Gasteiger partial charge in [-0.2, -0.15) is 0 Å². The summed E-state index contributed by atoms with van der Waals surface area (Å²) >= 11 is 0. The van der Waals surface area contributed by atoms with Gasteiger partial charge in [0.1, 0.15) is 0 Å². The van der Waals surface area contributed by atoms with Crippen LogP contribution in [0, 0.1) is 0 Å². The Morgan fingerprint density at radius 2 is 1.42 bits per heavy atom. The van der Waals surface area contributed by atoms with E-state index in [1.807, 2.05) is 0 Å². The van der Waals surface area contributed by atoms with Gasteiger partial charge in [-0.25, -0.2) is 4.79 Å². The normalized spacial score (nSPS) is 10.9. The van der Waals surface area contributed by atoms with Gasteiger partial charge in [-0.3, -0.25) is 4.79 Å². The SMILES string of the molecule is CCCCCCC=CCCCCCCCCNC(=O)OCC(N)=O. The maximum absolute atomic E-state index is 11.1. The molecule has 0 aromatic rings. The van der Waals surface area contributed by atoms with Gasteiger partial charge < -0.3 is 15.8 Å². The highest BCUT2D eigenvalue weighted by Gasteiger charge is 2.02. The molecule has 0 aliphatic rings. The fourth-order valence-electron chi connectivity index (χ4n) is 2.40. The van der Waals surface area contributed by atoms with E-state index in [4.69, 9.17) is 5.73 Å². The number of carbonyl (C=O) groups is 2. The van der Waals surface area contributed by atoms with Crippen LogP contribution >= 0.6 is 0 Å². The second kappa shape index (κ2) is 17.8. The van der Waals surface area contributed by atoms with Crippen molar-refractivity contribution in [2.45, 2.75) is 84.0 Å². The first-order chi connectivity index (χ1) is 11.7. The molecule has 0 bridgehead atoms. The number of primary amides is 1. The van der Waals surface area contributed by atoms with Crippen molar-refractivity contribution >= 4 is 12.0 Å². The van der Waals surface area contributed by atoms with Gasteiger partial charge in [0.2, 0.25) is 0 Å². The van der Waals surface area contributed by atoms with E-state index in [0.717, 1.165) is 12.8 Å². The summed E-state index contributed by atoms with van der Waals surface area (Å²) in [5.41, 5.74) is 4.88. The molecule has 0 unspecified atom stereocenters. The lowest BCUT2D eigenvalue weighted by Gasteiger charge is -2.05. The maximum Gasteiger partial charge on any atom is 0.407 e. The molecule has 3 N–H and O–H groups in total. The third kappa shape index (κ3) is 18.5. The molecule has 0 radical (unpaired) electrons. The van der Waals surface area contributed by atoms with E-state index in [1.54, 1.807) is 0 Å². The minimum absolute atomic E-state index is 0.362. The second-order valence-electron chi connectivity index (χ2n) is 6.20. The van der Waals surface area contributed by atoms with E-state index in [9.17, 15) is 9.59 Å². The van der Waals surface area contributed by atoms with Crippen molar-refractivity contribution in [3.63, 3.8) is 0 Å². The molecule has 0 saturated carbocycles. The molecular weight excluding hydrogens is 304 g/mol. The molecule has 0 fully saturated rings. The maximum atomic E-state index is 11.1. The smallest absolute Gasteiger partial charge is 0.407 e. The highest BCUT2D eigenvalue weighted by atomic mass is 16.6. The molecule has 2 amide bonds.